The normalized spacial score (nSPS) is 19.8. The lowest BCUT2D eigenvalue weighted by Gasteiger charge is -2.33. The van der Waals surface area contributed by atoms with Crippen molar-refractivity contribution in [3.8, 4) is 0 Å². The van der Waals surface area contributed by atoms with Gasteiger partial charge in [-0.3, -0.25) is 9.89 Å². The average Bonchev–Trinajstić information content (AvgIpc) is 2.78. The van der Waals surface area contributed by atoms with Crippen molar-refractivity contribution in [1.82, 2.24) is 20.4 Å². The number of rotatable bonds is 2. The predicted octanol–water partition coefficient (Wildman–Crippen LogP) is 1.39. The molecular weight excluding hydrogens is 252 g/mol. The molecule has 0 aliphatic carbocycles. The maximum Gasteiger partial charge on any atom is 0.274 e. The summed E-state index contributed by atoms with van der Waals surface area (Å²) in [5.41, 5.74) is 1.54. The minimum atomic E-state index is 0. The third kappa shape index (κ3) is 3.03. The van der Waals surface area contributed by atoms with E-state index >= 15 is 0 Å². The Morgan fingerprint density at radius 3 is 2.83 bits per heavy atom. The molecule has 1 amide bonds. The molecule has 18 heavy (non-hydrogen) atoms. The summed E-state index contributed by atoms with van der Waals surface area (Å²) >= 11 is 0. The minimum Gasteiger partial charge on any atom is -0.332 e. The molecule has 1 aromatic rings. The largest absolute Gasteiger partial charge is 0.332 e. The average molecular weight is 273 g/mol. The van der Waals surface area contributed by atoms with Gasteiger partial charge in [-0.15, -0.1) is 12.4 Å². The van der Waals surface area contributed by atoms with Gasteiger partial charge in [0.1, 0.15) is 5.69 Å². The molecule has 102 valence electrons. The lowest BCUT2D eigenvalue weighted by atomic mass is 10.1. The van der Waals surface area contributed by atoms with Crippen molar-refractivity contribution in [2.45, 2.75) is 32.7 Å². The van der Waals surface area contributed by atoms with Crippen LogP contribution in [0.4, 0.5) is 0 Å². The summed E-state index contributed by atoms with van der Waals surface area (Å²) in [6.07, 6.45) is 0. The summed E-state index contributed by atoms with van der Waals surface area (Å²) in [7, 11) is 0. The number of amides is 1. The lowest BCUT2D eigenvalue weighted by molar-refractivity contribution is 0.0649. The minimum absolute atomic E-state index is 0. The number of carbonyl (C=O) groups is 1. The lowest BCUT2D eigenvalue weighted by Crippen LogP contribution is -2.52. The maximum atomic E-state index is 12.3. The van der Waals surface area contributed by atoms with Gasteiger partial charge in [0.25, 0.3) is 5.91 Å². The highest BCUT2D eigenvalue weighted by molar-refractivity contribution is 5.92. The van der Waals surface area contributed by atoms with E-state index in [9.17, 15) is 4.79 Å². The Kier molecular flexibility index (Phi) is 5.16. The molecule has 6 heteroatoms. The zero-order chi connectivity index (χ0) is 12.4. The van der Waals surface area contributed by atoms with Crippen molar-refractivity contribution in [2.24, 2.45) is 0 Å². The van der Waals surface area contributed by atoms with Crippen molar-refractivity contribution >= 4 is 18.3 Å². The quantitative estimate of drug-likeness (QED) is 0.855. The van der Waals surface area contributed by atoms with Gasteiger partial charge in [0, 0.05) is 31.4 Å². The number of halogens is 1. The molecule has 0 aromatic carbocycles. The van der Waals surface area contributed by atoms with Crippen molar-refractivity contribution in [1.29, 1.82) is 0 Å². The van der Waals surface area contributed by atoms with Gasteiger partial charge in [-0.05, 0) is 18.9 Å². The zero-order valence-corrected chi connectivity index (χ0v) is 11.9. The predicted molar refractivity (Wildman–Crippen MR) is 73.3 cm³/mol. The smallest absolute Gasteiger partial charge is 0.274 e. The van der Waals surface area contributed by atoms with Crippen LogP contribution in [0.15, 0.2) is 6.07 Å². The SMILES string of the molecule is CC(C)c1cc(C(=O)N2CCNC[C@H]2C)n[nH]1.Cl. The van der Waals surface area contributed by atoms with Crippen LogP contribution in [0.25, 0.3) is 0 Å². The van der Waals surface area contributed by atoms with E-state index in [-0.39, 0.29) is 24.4 Å². The van der Waals surface area contributed by atoms with Gasteiger partial charge in [0.15, 0.2) is 0 Å². The summed E-state index contributed by atoms with van der Waals surface area (Å²) in [4.78, 5) is 14.1. The second-order valence-corrected chi connectivity index (χ2v) is 4.91. The van der Waals surface area contributed by atoms with Gasteiger partial charge in [-0.1, -0.05) is 13.8 Å². The molecule has 0 bridgehead atoms. The Bertz CT molecular complexity index is 405. The third-order valence-corrected chi connectivity index (χ3v) is 3.20. The number of nitrogens with one attached hydrogen (secondary N) is 2. The van der Waals surface area contributed by atoms with Crippen LogP contribution in [-0.2, 0) is 0 Å². The fraction of sp³-hybridized carbons (Fsp3) is 0.667. The number of aromatic nitrogens is 2. The number of carbonyl (C=O) groups excluding carboxylic acids is 1. The molecule has 1 fully saturated rings. The van der Waals surface area contributed by atoms with Crippen LogP contribution in [0.2, 0.25) is 0 Å². The maximum absolute atomic E-state index is 12.3. The van der Waals surface area contributed by atoms with E-state index < -0.39 is 0 Å². The van der Waals surface area contributed by atoms with E-state index in [4.69, 9.17) is 0 Å². The van der Waals surface area contributed by atoms with E-state index in [1.165, 1.54) is 0 Å². The van der Waals surface area contributed by atoms with Gasteiger partial charge >= 0.3 is 0 Å². The fourth-order valence-electron chi connectivity index (χ4n) is 2.03. The molecule has 0 spiro atoms. The van der Waals surface area contributed by atoms with E-state index in [0.29, 0.717) is 11.6 Å². The number of nitrogens with zero attached hydrogens (tertiary/aromatic N) is 2. The van der Waals surface area contributed by atoms with Crippen LogP contribution in [0.1, 0.15) is 42.9 Å². The monoisotopic (exact) mass is 272 g/mol. The topological polar surface area (TPSA) is 61.0 Å². The number of H-pyrrole nitrogens is 1. The highest BCUT2D eigenvalue weighted by Gasteiger charge is 2.25. The second kappa shape index (κ2) is 6.20. The Morgan fingerprint density at radius 2 is 2.28 bits per heavy atom. The first kappa shape index (κ1) is 15.0. The number of piperazine rings is 1. The third-order valence-electron chi connectivity index (χ3n) is 3.20. The molecule has 0 radical (unpaired) electrons. The van der Waals surface area contributed by atoms with Crippen LogP contribution in [-0.4, -0.2) is 46.7 Å². The zero-order valence-electron chi connectivity index (χ0n) is 11.1. The van der Waals surface area contributed by atoms with Gasteiger partial charge in [0.05, 0.1) is 0 Å². The van der Waals surface area contributed by atoms with Gasteiger partial charge in [0.2, 0.25) is 0 Å². The number of aromatic amines is 1. The summed E-state index contributed by atoms with van der Waals surface area (Å²) in [5, 5.41) is 10.3. The first-order valence-corrected chi connectivity index (χ1v) is 6.16. The molecule has 1 aromatic heterocycles. The summed E-state index contributed by atoms with van der Waals surface area (Å²) < 4.78 is 0. The molecule has 1 aliphatic rings. The summed E-state index contributed by atoms with van der Waals surface area (Å²) in [6.45, 7) is 8.68. The van der Waals surface area contributed by atoms with E-state index in [1.54, 1.807) is 0 Å². The standard InChI is InChI=1S/C12H20N4O.ClH/c1-8(2)10-6-11(15-14-10)12(17)16-5-4-13-7-9(16)3;/h6,8-9,13H,4-5,7H2,1-3H3,(H,14,15);1H/t9-;/m1./s1. The van der Waals surface area contributed by atoms with E-state index in [1.807, 2.05) is 11.0 Å². The Balaban J connectivity index is 0.00000162. The number of hydrogen-bond acceptors (Lipinski definition) is 3. The molecule has 0 saturated carbocycles. The van der Waals surface area contributed by atoms with Crippen LogP contribution < -0.4 is 5.32 Å². The molecule has 5 nitrogen and oxygen atoms in total. The second-order valence-electron chi connectivity index (χ2n) is 4.91. The van der Waals surface area contributed by atoms with Gasteiger partial charge < -0.3 is 10.2 Å². The van der Waals surface area contributed by atoms with Gasteiger partial charge in [-0.25, -0.2) is 0 Å². The van der Waals surface area contributed by atoms with Crippen LogP contribution in [0.3, 0.4) is 0 Å². The Labute approximate surface area is 114 Å². The molecule has 1 atom stereocenters. The highest BCUT2D eigenvalue weighted by atomic mass is 35.5. The summed E-state index contributed by atoms with van der Waals surface area (Å²) in [5.74, 6) is 0.395. The first-order chi connectivity index (χ1) is 8.09. The fourth-order valence-corrected chi connectivity index (χ4v) is 2.03. The first-order valence-electron chi connectivity index (χ1n) is 6.16. The van der Waals surface area contributed by atoms with Crippen molar-refractivity contribution < 1.29 is 4.79 Å². The van der Waals surface area contributed by atoms with Crippen molar-refractivity contribution in [2.75, 3.05) is 19.6 Å². The molecule has 1 saturated heterocycles. The molecule has 1 aliphatic heterocycles. The van der Waals surface area contributed by atoms with E-state index in [0.717, 1.165) is 25.3 Å². The van der Waals surface area contributed by atoms with Crippen molar-refractivity contribution in [3.05, 3.63) is 17.5 Å². The molecular formula is C12H21ClN4O. The van der Waals surface area contributed by atoms with Crippen LogP contribution in [0.5, 0.6) is 0 Å². The van der Waals surface area contributed by atoms with Gasteiger partial charge in [-0.2, -0.15) is 5.10 Å². The van der Waals surface area contributed by atoms with Crippen molar-refractivity contribution in [3.63, 3.8) is 0 Å². The highest BCUT2D eigenvalue weighted by Crippen LogP contribution is 2.14. The molecule has 2 N–H and O–H groups in total. The Hall–Kier alpha value is -1.07. The molecule has 0 unspecified atom stereocenters. The Morgan fingerprint density at radius 1 is 1.56 bits per heavy atom. The molecule has 2 heterocycles. The number of hydrogen-bond donors (Lipinski definition) is 2. The van der Waals surface area contributed by atoms with Crippen LogP contribution in [0, 0.1) is 0 Å². The molecule has 2 rings (SSSR count). The van der Waals surface area contributed by atoms with Crippen LogP contribution >= 0.6 is 12.4 Å². The van der Waals surface area contributed by atoms with E-state index in [2.05, 4.69) is 36.3 Å². The summed E-state index contributed by atoms with van der Waals surface area (Å²) in [6, 6.07) is 2.09.